The van der Waals surface area contributed by atoms with Gasteiger partial charge in [-0.15, -0.1) is 34.0 Å². The summed E-state index contributed by atoms with van der Waals surface area (Å²) in [6.45, 7) is 13.0. The zero-order valence-electron chi connectivity index (χ0n) is 31.2. The number of hydrogen-bond acceptors (Lipinski definition) is 7. The molecule has 50 heavy (non-hydrogen) atoms. The fourth-order valence-corrected chi connectivity index (χ4v) is 11.4. The molecule has 0 radical (unpaired) electrons. The molecule has 0 aliphatic carbocycles. The second-order valence-electron chi connectivity index (χ2n) is 13.9. The average Bonchev–Trinajstić information content (AvgIpc) is 3.87. The molecule has 0 amide bonds. The summed E-state index contributed by atoms with van der Waals surface area (Å²) in [4.78, 5) is 4.47. The number of aryl methyl sites for hydroxylation is 2. The van der Waals surface area contributed by atoms with E-state index in [4.69, 9.17) is 14.2 Å². The molecule has 5 rings (SSSR count). The molecule has 0 spiro atoms. The van der Waals surface area contributed by atoms with Gasteiger partial charge in [-0.25, -0.2) is 4.39 Å². The van der Waals surface area contributed by atoms with Crippen LogP contribution in [0, 0.1) is 19.7 Å². The van der Waals surface area contributed by atoms with Crippen LogP contribution in [0.4, 0.5) is 4.39 Å². The quantitative estimate of drug-likeness (QED) is 0.0555. The number of unbranched alkanes of at least 4 members (excludes halogenated alkanes) is 15. The molecule has 1 aromatic carbocycles. The zero-order chi connectivity index (χ0) is 35.3. The van der Waals surface area contributed by atoms with E-state index in [-0.39, 0.29) is 5.82 Å². The van der Waals surface area contributed by atoms with Gasteiger partial charge in [0.2, 0.25) is 5.06 Å². The Hall–Kier alpha value is -1.87. The standard InChI is InChI=1S/C42H59FO3S4/c1-6-9-12-15-18-21-24-44-36-31-27-29(4)47-39(31)37(45-25-22-19-16-13-10-7-2)32-28-33(49-40(32)36)41-34-35(43)42(50-38(34)30(5)48-41)46-26-23-20-17-14-11-8-3/h27-28H,6-26H2,1-5H3. The second-order valence-corrected chi connectivity index (χ2v) is 18.4. The molecular formula is C42H59FO3S4. The van der Waals surface area contributed by atoms with Crippen molar-refractivity contribution in [3.63, 3.8) is 0 Å². The number of hydrogen-bond donors (Lipinski definition) is 0. The van der Waals surface area contributed by atoms with Crippen LogP contribution in [0.15, 0.2) is 12.1 Å². The van der Waals surface area contributed by atoms with Crippen molar-refractivity contribution < 1.29 is 18.6 Å². The summed E-state index contributed by atoms with van der Waals surface area (Å²) < 4.78 is 39.0. The summed E-state index contributed by atoms with van der Waals surface area (Å²) in [6, 6.07) is 4.52. The third-order valence-corrected chi connectivity index (χ3v) is 14.3. The summed E-state index contributed by atoms with van der Waals surface area (Å²) in [5.74, 6) is 1.73. The maximum atomic E-state index is 16.2. The monoisotopic (exact) mass is 758 g/mol. The first-order chi connectivity index (χ1) is 24.5. The molecule has 0 N–H and O–H groups in total. The van der Waals surface area contributed by atoms with Crippen LogP contribution < -0.4 is 14.2 Å². The molecule has 276 valence electrons. The minimum atomic E-state index is -0.205. The molecule has 0 aliphatic heterocycles. The SMILES string of the molecule is CCCCCCCCOc1sc2c(C)sc(-c3cc4c(OCCCCCCCC)c5sc(C)cc5c(OCCCCCCCC)c4s3)c2c1F. The lowest BCUT2D eigenvalue weighted by molar-refractivity contribution is 0.300. The highest BCUT2D eigenvalue weighted by atomic mass is 32.1. The summed E-state index contributed by atoms with van der Waals surface area (Å²) in [5, 5.41) is 3.39. The van der Waals surface area contributed by atoms with Crippen LogP contribution in [0.25, 0.3) is 40.0 Å². The van der Waals surface area contributed by atoms with Crippen molar-refractivity contribution in [2.75, 3.05) is 19.8 Å². The zero-order valence-corrected chi connectivity index (χ0v) is 34.5. The van der Waals surface area contributed by atoms with E-state index in [1.165, 1.54) is 111 Å². The van der Waals surface area contributed by atoms with Gasteiger partial charge in [-0.1, -0.05) is 128 Å². The van der Waals surface area contributed by atoms with Gasteiger partial charge in [0.15, 0.2) is 5.82 Å². The molecular weight excluding hydrogens is 700 g/mol. The van der Waals surface area contributed by atoms with Crippen LogP contribution in [0.2, 0.25) is 0 Å². The maximum Gasteiger partial charge on any atom is 0.211 e. The molecule has 0 saturated heterocycles. The third kappa shape index (κ3) is 9.96. The highest BCUT2D eigenvalue weighted by Crippen LogP contribution is 2.54. The summed E-state index contributed by atoms with van der Waals surface area (Å²) in [5.41, 5.74) is 0. The minimum absolute atomic E-state index is 0.205. The van der Waals surface area contributed by atoms with E-state index in [1.54, 1.807) is 34.0 Å². The number of thiophene rings is 4. The van der Waals surface area contributed by atoms with Crippen LogP contribution in [0.1, 0.15) is 146 Å². The highest BCUT2D eigenvalue weighted by Gasteiger charge is 2.26. The lowest BCUT2D eigenvalue weighted by Crippen LogP contribution is -2.00. The molecule has 0 atom stereocenters. The van der Waals surface area contributed by atoms with Gasteiger partial charge in [0, 0.05) is 25.4 Å². The molecule has 0 bridgehead atoms. The Morgan fingerprint density at radius 1 is 0.520 bits per heavy atom. The van der Waals surface area contributed by atoms with Crippen molar-refractivity contribution in [1.82, 2.24) is 0 Å². The van der Waals surface area contributed by atoms with Gasteiger partial charge < -0.3 is 14.2 Å². The molecule has 3 nitrogen and oxygen atoms in total. The van der Waals surface area contributed by atoms with Crippen molar-refractivity contribution in [2.45, 2.75) is 150 Å². The van der Waals surface area contributed by atoms with Crippen molar-refractivity contribution >= 4 is 75.6 Å². The first-order valence-electron chi connectivity index (χ1n) is 19.6. The van der Waals surface area contributed by atoms with E-state index in [0.29, 0.717) is 30.3 Å². The molecule has 8 heteroatoms. The normalized spacial score (nSPS) is 11.9. The molecule has 0 saturated carbocycles. The van der Waals surface area contributed by atoms with Gasteiger partial charge in [0.05, 0.1) is 44.2 Å². The number of ether oxygens (including phenoxy) is 3. The van der Waals surface area contributed by atoms with Crippen molar-refractivity contribution in [1.29, 1.82) is 0 Å². The van der Waals surface area contributed by atoms with Crippen LogP contribution in [0.3, 0.4) is 0 Å². The van der Waals surface area contributed by atoms with E-state index in [9.17, 15) is 0 Å². The van der Waals surface area contributed by atoms with E-state index < -0.39 is 0 Å². The van der Waals surface area contributed by atoms with Gasteiger partial charge in [-0.05, 0) is 45.2 Å². The Morgan fingerprint density at radius 3 is 1.56 bits per heavy atom. The Morgan fingerprint density at radius 2 is 1.00 bits per heavy atom. The Bertz CT molecular complexity index is 1690. The van der Waals surface area contributed by atoms with E-state index >= 15 is 4.39 Å². The summed E-state index contributed by atoms with van der Waals surface area (Å²) in [7, 11) is 0. The lowest BCUT2D eigenvalue weighted by atomic mass is 10.1. The Balaban J connectivity index is 1.45. The van der Waals surface area contributed by atoms with Gasteiger partial charge in [-0.2, -0.15) is 0 Å². The number of rotatable bonds is 25. The predicted molar refractivity (Wildman–Crippen MR) is 222 cm³/mol. The number of benzene rings is 1. The summed E-state index contributed by atoms with van der Waals surface area (Å²) in [6.07, 6.45) is 21.9. The van der Waals surface area contributed by atoms with Crippen LogP contribution >= 0.6 is 45.3 Å². The van der Waals surface area contributed by atoms with Gasteiger partial charge in [0.1, 0.15) is 11.5 Å². The van der Waals surface area contributed by atoms with Gasteiger partial charge in [0.25, 0.3) is 0 Å². The molecule has 0 unspecified atom stereocenters. The molecule has 0 fully saturated rings. The Kier molecular flexibility index (Phi) is 16.0. The van der Waals surface area contributed by atoms with Crippen molar-refractivity contribution in [3.05, 3.63) is 27.7 Å². The first-order valence-corrected chi connectivity index (χ1v) is 22.8. The van der Waals surface area contributed by atoms with Gasteiger partial charge in [-0.3, -0.25) is 0 Å². The minimum Gasteiger partial charge on any atom is -0.491 e. The third-order valence-electron chi connectivity index (χ3n) is 9.55. The topological polar surface area (TPSA) is 27.7 Å². The number of fused-ring (bicyclic) bond motifs is 3. The maximum absolute atomic E-state index is 16.2. The first kappa shape index (κ1) is 39.3. The van der Waals surface area contributed by atoms with Crippen LogP contribution in [-0.4, -0.2) is 19.8 Å². The van der Waals surface area contributed by atoms with Crippen molar-refractivity contribution in [3.8, 4) is 26.3 Å². The van der Waals surface area contributed by atoms with E-state index in [2.05, 4.69) is 46.8 Å². The lowest BCUT2D eigenvalue weighted by Gasteiger charge is -2.14. The Labute approximate surface area is 316 Å². The number of halogens is 1. The molecule has 4 heterocycles. The average molecular weight is 759 g/mol. The smallest absolute Gasteiger partial charge is 0.211 e. The molecule has 5 aromatic rings. The van der Waals surface area contributed by atoms with Gasteiger partial charge >= 0.3 is 0 Å². The second kappa shape index (κ2) is 20.4. The van der Waals surface area contributed by atoms with E-state index in [1.807, 2.05) is 0 Å². The molecule has 0 aliphatic rings. The largest absolute Gasteiger partial charge is 0.491 e. The predicted octanol–water partition coefficient (Wildman–Crippen LogP) is 16.0. The van der Waals surface area contributed by atoms with Crippen molar-refractivity contribution in [2.24, 2.45) is 0 Å². The highest BCUT2D eigenvalue weighted by molar-refractivity contribution is 7.30. The fraction of sp³-hybridized carbons (Fsp3) is 0.619. The summed E-state index contributed by atoms with van der Waals surface area (Å²) >= 11 is 6.68. The van der Waals surface area contributed by atoms with Crippen LogP contribution in [-0.2, 0) is 0 Å². The molecule has 4 aromatic heterocycles. The van der Waals surface area contributed by atoms with E-state index in [0.717, 1.165) is 72.0 Å². The van der Waals surface area contributed by atoms with Crippen LogP contribution in [0.5, 0.6) is 16.6 Å². The fourth-order valence-electron chi connectivity index (χ4n) is 6.74.